The predicted molar refractivity (Wildman–Crippen MR) is 120 cm³/mol. The third kappa shape index (κ3) is 3.89. The van der Waals surface area contributed by atoms with E-state index in [0.717, 1.165) is 41.5 Å². The Kier molecular flexibility index (Phi) is 5.45. The van der Waals surface area contributed by atoms with E-state index >= 15 is 0 Å². The quantitative estimate of drug-likeness (QED) is 0.465. The first-order valence-corrected chi connectivity index (χ1v) is 10.8. The van der Waals surface area contributed by atoms with Gasteiger partial charge in [0.25, 0.3) is 5.91 Å². The minimum Gasteiger partial charge on any atom is -0.497 e. The van der Waals surface area contributed by atoms with Crippen LogP contribution in [-0.2, 0) is 11.3 Å². The molecule has 5 rings (SSSR count). The van der Waals surface area contributed by atoms with Crippen molar-refractivity contribution < 1.29 is 14.3 Å². The van der Waals surface area contributed by atoms with E-state index in [-0.39, 0.29) is 12.0 Å². The Balaban J connectivity index is 1.54. The van der Waals surface area contributed by atoms with Crippen molar-refractivity contribution in [2.24, 2.45) is 0 Å². The van der Waals surface area contributed by atoms with Crippen molar-refractivity contribution in [2.75, 3.05) is 20.3 Å². The third-order valence-corrected chi connectivity index (χ3v) is 5.91. The van der Waals surface area contributed by atoms with Crippen molar-refractivity contribution in [3.63, 3.8) is 0 Å². The number of fused-ring (bicyclic) bond motifs is 3. The molecular formula is C24H25N5O3. The Morgan fingerprint density at radius 2 is 2.16 bits per heavy atom. The van der Waals surface area contributed by atoms with Gasteiger partial charge in [0.15, 0.2) is 5.65 Å². The largest absolute Gasteiger partial charge is 0.497 e. The predicted octanol–water partition coefficient (Wildman–Crippen LogP) is 3.42. The molecule has 1 aliphatic heterocycles. The van der Waals surface area contributed by atoms with Gasteiger partial charge in [0.1, 0.15) is 5.75 Å². The monoisotopic (exact) mass is 431 g/mol. The number of tetrazole rings is 1. The zero-order valence-corrected chi connectivity index (χ0v) is 18.2. The molecule has 4 aromatic rings. The molecule has 8 heteroatoms. The number of hydrogen-bond donors (Lipinski definition) is 0. The SMILES string of the molecule is COc1cccc(C(=O)N(Cc2cc3cc(C)ccc3n3nnnc23)CC2CCCO2)c1. The van der Waals surface area contributed by atoms with Crippen LogP contribution in [0.3, 0.4) is 0 Å². The zero-order chi connectivity index (χ0) is 22.1. The van der Waals surface area contributed by atoms with Crippen LogP contribution < -0.4 is 4.74 Å². The number of carbonyl (C=O) groups is 1. The summed E-state index contributed by atoms with van der Waals surface area (Å²) in [4.78, 5) is 15.4. The molecule has 1 unspecified atom stereocenters. The zero-order valence-electron chi connectivity index (χ0n) is 18.2. The summed E-state index contributed by atoms with van der Waals surface area (Å²) in [7, 11) is 1.60. The minimum atomic E-state index is -0.0747. The summed E-state index contributed by atoms with van der Waals surface area (Å²) >= 11 is 0. The van der Waals surface area contributed by atoms with E-state index in [9.17, 15) is 4.79 Å². The maximum Gasteiger partial charge on any atom is 0.254 e. The fourth-order valence-electron chi connectivity index (χ4n) is 4.30. The number of pyridine rings is 1. The molecule has 0 N–H and O–H groups in total. The number of nitrogens with zero attached hydrogens (tertiary/aromatic N) is 5. The Bertz CT molecular complexity index is 1280. The molecule has 0 spiro atoms. The van der Waals surface area contributed by atoms with Gasteiger partial charge >= 0.3 is 0 Å². The highest BCUT2D eigenvalue weighted by atomic mass is 16.5. The van der Waals surface area contributed by atoms with Crippen LogP contribution in [0.1, 0.15) is 34.3 Å². The van der Waals surface area contributed by atoms with Crippen LogP contribution in [0, 0.1) is 6.92 Å². The summed E-state index contributed by atoms with van der Waals surface area (Å²) in [5.41, 5.74) is 4.21. The second kappa shape index (κ2) is 8.55. The number of rotatable bonds is 6. The molecule has 2 aromatic carbocycles. The molecule has 0 bridgehead atoms. The first-order valence-electron chi connectivity index (χ1n) is 10.8. The number of hydrogen-bond acceptors (Lipinski definition) is 6. The average Bonchev–Trinajstić information content (AvgIpc) is 3.50. The van der Waals surface area contributed by atoms with E-state index in [1.165, 1.54) is 0 Å². The normalized spacial score (nSPS) is 16.0. The molecule has 32 heavy (non-hydrogen) atoms. The lowest BCUT2D eigenvalue weighted by molar-refractivity contribution is 0.0508. The first kappa shape index (κ1) is 20.4. The van der Waals surface area contributed by atoms with Crippen LogP contribution in [0.5, 0.6) is 5.75 Å². The summed E-state index contributed by atoms with van der Waals surface area (Å²) in [6, 6.07) is 15.5. The summed E-state index contributed by atoms with van der Waals surface area (Å²) in [6.07, 6.45) is 1.99. The van der Waals surface area contributed by atoms with Crippen molar-refractivity contribution in [2.45, 2.75) is 32.4 Å². The van der Waals surface area contributed by atoms with Crippen LogP contribution in [0.25, 0.3) is 16.6 Å². The Hall–Kier alpha value is -3.52. The lowest BCUT2D eigenvalue weighted by Crippen LogP contribution is -2.37. The van der Waals surface area contributed by atoms with Crippen molar-refractivity contribution >= 4 is 22.5 Å². The van der Waals surface area contributed by atoms with E-state index in [1.807, 2.05) is 35.2 Å². The van der Waals surface area contributed by atoms with Gasteiger partial charge in [0, 0.05) is 36.2 Å². The molecule has 0 saturated carbocycles. The average molecular weight is 431 g/mol. The van der Waals surface area contributed by atoms with Crippen LogP contribution in [0.4, 0.5) is 0 Å². The van der Waals surface area contributed by atoms with E-state index in [1.54, 1.807) is 17.7 Å². The van der Waals surface area contributed by atoms with Gasteiger partial charge in [-0.25, -0.2) is 0 Å². The van der Waals surface area contributed by atoms with Gasteiger partial charge in [0.2, 0.25) is 0 Å². The second-order valence-electron chi connectivity index (χ2n) is 8.20. The van der Waals surface area contributed by atoms with Gasteiger partial charge in [0.05, 0.1) is 18.7 Å². The van der Waals surface area contributed by atoms with Gasteiger partial charge in [-0.15, -0.1) is 5.10 Å². The molecule has 1 fully saturated rings. The number of benzene rings is 2. The lowest BCUT2D eigenvalue weighted by Gasteiger charge is -2.26. The molecule has 0 radical (unpaired) electrons. The maximum absolute atomic E-state index is 13.6. The standard InChI is InChI=1S/C24H25N5O3/c1-16-8-9-22-18(11-16)12-19(23-25-26-27-29(22)23)14-28(15-21-7-4-10-32-21)24(30)17-5-3-6-20(13-17)31-2/h3,5-6,8-9,11-13,21H,4,7,10,14-15H2,1-2H3. The van der Waals surface area contributed by atoms with E-state index in [4.69, 9.17) is 9.47 Å². The molecule has 1 amide bonds. The summed E-state index contributed by atoms with van der Waals surface area (Å²) in [6.45, 7) is 3.68. The maximum atomic E-state index is 13.6. The Morgan fingerprint density at radius 3 is 2.97 bits per heavy atom. The van der Waals surface area contributed by atoms with E-state index in [2.05, 4.69) is 34.6 Å². The number of ether oxygens (including phenoxy) is 2. The van der Waals surface area contributed by atoms with Crippen molar-refractivity contribution in [1.29, 1.82) is 0 Å². The number of aromatic nitrogens is 4. The van der Waals surface area contributed by atoms with Crippen molar-refractivity contribution in [1.82, 2.24) is 24.9 Å². The molecule has 8 nitrogen and oxygen atoms in total. The van der Waals surface area contributed by atoms with Gasteiger partial charge in [-0.2, -0.15) is 4.52 Å². The number of amides is 1. The van der Waals surface area contributed by atoms with Gasteiger partial charge in [-0.3, -0.25) is 4.79 Å². The molecule has 1 saturated heterocycles. The van der Waals surface area contributed by atoms with Crippen LogP contribution in [-0.4, -0.2) is 57.2 Å². The highest BCUT2D eigenvalue weighted by molar-refractivity contribution is 5.95. The molecule has 1 aliphatic rings. The molecule has 2 aromatic heterocycles. The minimum absolute atomic E-state index is 0.0271. The van der Waals surface area contributed by atoms with Crippen molar-refractivity contribution in [3.8, 4) is 5.75 Å². The summed E-state index contributed by atoms with van der Waals surface area (Å²) in [5.74, 6) is 0.576. The second-order valence-corrected chi connectivity index (χ2v) is 8.20. The van der Waals surface area contributed by atoms with Crippen LogP contribution in [0.2, 0.25) is 0 Å². The molecule has 164 valence electrons. The molecular weight excluding hydrogens is 406 g/mol. The summed E-state index contributed by atoms with van der Waals surface area (Å²) in [5, 5.41) is 13.4. The van der Waals surface area contributed by atoms with Crippen molar-refractivity contribution in [3.05, 3.63) is 65.2 Å². The lowest BCUT2D eigenvalue weighted by atomic mass is 10.1. The van der Waals surface area contributed by atoms with Gasteiger partial charge < -0.3 is 14.4 Å². The fraction of sp³-hybridized carbons (Fsp3) is 0.333. The summed E-state index contributed by atoms with van der Waals surface area (Å²) < 4.78 is 12.9. The van der Waals surface area contributed by atoms with E-state index in [0.29, 0.717) is 30.0 Å². The molecule has 3 heterocycles. The van der Waals surface area contributed by atoms with Gasteiger partial charge in [-0.1, -0.05) is 17.7 Å². The topological polar surface area (TPSA) is 81.9 Å². The smallest absolute Gasteiger partial charge is 0.254 e. The Morgan fingerprint density at radius 1 is 1.25 bits per heavy atom. The third-order valence-electron chi connectivity index (χ3n) is 5.91. The highest BCUT2D eigenvalue weighted by Crippen LogP contribution is 2.24. The Labute approximate surface area is 185 Å². The fourth-order valence-corrected chi connectivity index (χ4v) is 4.30. The molecule has 1 atom stereocenters. The number of methoxy groups -OCH3 is 1. The van der Waals surface area contributed by atoms with E-state index < -0.39 is 0 Å². The van der Waals surface area contributed by atoms with Crippen LogP contribution in [0.15, 0.2) is 48.5 Å². The van der Waals surface area contributed by atoms with Gasteiger partial charge in [-0.05, 0) is 66.6 Å². The molecule has 0 aliphatic carbocycles. The van der Waals surface area contributed by atoms with Crippen LogP contribution >= 0.6 is 0 Å². The number of carbonyl (C=O) groups excluding carboxylic acids is 1. The first-order chi connectivity index (χ1) is 15.6. The highest BCUT2D eigenvalue weighted by Gasteiger charge is 2.25. The number of aryl methyl sites for hydroxylation is 1.